The summed E-state index contributed by atoms with van der Waals surface area (Å²) >= 11 is 0. The fourth-order valence-corrected chi connectivity index (χ4v) is 5.44. The fraction of sp³-hybridized carbons (Fsp3) is 0.429. The van der Waals surface area contributed by atoms with Crippen molar-refractivity contribution in [3.8, 4) is 0 Å². The Hall–Kier alpha value is -3.68. The van der Waals surface area contributed by atoms with Gasteiger partial charge in [0.05, 0.1) is 11.3 Å². The minimum atomic E-state index is -1.59. The van der Waals surface area contributed by atoms with Crippen LogP contribution in [0.25, 0.3) is 0 Å². The largest absolute Gasteiger partial charge is 0.452 e. The van der Waals surface area contributed by atoms with Crippen molar-refractivity contribution in [3.05, 3.63) is 65.7 Å². The maximum atomic E-state index is 13.6. The minimum Gasteiger partial charge on any atom is -0.452 e. The SMILES string of the molecule is CC(C)CN1C(=O)c2ccccc2N2C(=O)CCC12C(=O)OCC(=O)NCC1(c2ccccc2)CC1. The normalized spacial score (nSPS) is 21.8. The van der Waals surface area contributed by atoms with Crippen molar-refractivity contribution >= 4 is 29.4 Å². The zero-order valence-electron chi connectivity index (χ0n) is 20.7. The van der Waals surface area contributed by atoms with Gasteiger partial charge in [0.1, 0.15) is 0 Å². The van der Waals surface area contributed by atoms with Crippen LogP contribution in [-0.4, -0.2) is 54.0 Å². The van der Waals surface area contributed by atoms with Crippen molar-refractivity contribution in [2.75, 3.05) is 24.6 Å². The van der Waals surface area contributed by atoms with E-state index in [9.17, 15) is 19.2 Å². The number of fused-ring (bicyclic) bond motifs is 3. The van der Waals surface area contributed by atoms with Crippen LogP contribution in [-0.2, 0) is 24.5 Å². The van der Waals surface area contributed by atoms with Crippen LogP contribution in [0.2, 0.25) is 0 Å². The number of carbonyl (C=O) groups excluding carboxylic acids is 4. The van der Waals surface area contributed by atoms with Crippen molar-refractivity contribution in [1.29, 1.82) is 0 Å². The molecule has 0 bridgehead atoms. The second-order valence-electron chi connectivity index (χ2n) is 10.4. The quantitative estimate of drug-likeness (QED) is 0.575. The molecule has 2 aromatic carbocycles. The number of para-hydroxylation sites is 1. The molecule has 2 aromatic rings. The molecule has 1 saturated carbocycles. The predicted molar refractivity (Wildman–Crippen MR) is 133 cm³/mol. The first-order valence-corrected chi connectivity index (χ1v) is 12.5. The van der Waals surface area contributed by atoms with Gasteiger partial charge in [-0.3, -0.25) is 19.3 Å². The number of benzene rings is 2. The van der Waals surface area contributed by atoms with Gasteiger partial charge in [0.15, 0.2) is 6.61 Å². The third-order valence-electron chi connectivity index (χ3n) is 7.45. The Kier molecular flexibility index (Phi) is 6.06. The number of hydrogen-bond donors (Lipinski definition) is 1. The average Bonchev–Trinajstić information content (AvgIpc) is 3.60. The molecule has 1 saturated heterocycles. The summed E-state index contributed by atoms with van der Waals surface area (Å²) in [4.78, 5) is 55.7. The molecule has 1 aliphatic carbocycles. The number of esters is 1. The minimum absolute atomic E-state index is 0.0532. The number of hydrogen-bond acceptors (Lipinski definition) is 5. The summed E-state index contributed by atoms with van der Waals surface area (Å²) in [6.07, 6.45) is 2.21. The number of nitrogens with one attached hydrogen (secondary N) is 1. The van der Waals surface area contributed by atoms with Crippen molar-refractivity contribution in [1.82, 2.24) is 10.2 Å². The standard InChI is InChI=1S/C28H31N3O5/c1-19(2)16-30-25(34)21-10-6-7-11-22(21)31-24(33)12-13-28(30,31)26(35)36-17-23(32)29-18-27(14-15-27)20-8-4-3-5-9-20/h3-11,19H,12-18H2,1-2H3,(H,29,32). The Morgan fingerprint density at radius 3 is 2.39 bits per heavy atom. The van der Waals surface area contributed by atoms with E-state index >= 15 is 0 Å². The lowest BCUT2D eigenvalue weighted by atomic mass is 9.95. The van der Waals surface area contributed by atoms with Gasteiger partial charge in [-0.05, 0) is 36.5 Å². The molecule has 1 atom stereocenters. The number of anilines is 1. The van der Waals surface area contributed by atoms with Crippen LogP contribution in [0.5, 0.6) is 0 Å². The molecule has 0 aromatic heterocycles. The number of ether oxygens (including phenoxy) is 1. The first-order chi connectivity index (χ1) is 17.3. The van der Waals surface area contributed by atoms with Crippen LogP contribution in [0.3, 0.4) is 0 Å². The fourth-order valence-electron chi connectivity index (χ4n) is 5.44. The van der Waals surface area contributed by atoms with Crippen LogP contribution in [0.1, 0.15) is 55.5 Å². The van der Waals surface area contributed by atoms with Gasteiger partial charge in [-0.15, -0.1) is 0 Å². The highest BCUT2D eigenvalue weighted by atomic mass is 16.5. The van der Waals surface area contributed by atoms with E-state index < -0.39 is 24.1 Å². The number of amides is 3. The van der Waals surface area contributed by atoms with Gasteiger partial charge in [-0.1, -0.05) is 56.3 Å². The van der Waals surface area contributed by atoms with Gasteiger partial charge in [0, 0.05) is 31.3 Å². The predicted octanol–water partition coefficient (Wildman–Crippen LogP) is 3.01. The monoisotopic (exact) mass is 489 g/mol. The molecule has 0 spiro atoms. The summed E-state index contributed by atoms with van der Waals surface area (Å²) < 4.78 is 5.52. The molecule has 0 radical (unpaired) electrons. The summed E-state index contributed by atoms with van der Waals surface area (Å²) in [5.41, 5.74) is 0.316. The highest BCUT2D eigenvalue weighted by Gasteiger charge is 2.62. The first-order valence-electron chi connectivity index (χ1n) is 12.5. The summed E-state index contributed by atoms with van der Waals surface area (Å²) in [6, 6.07) is 16.9. The second-order valence-corrected chi connectivity index (χ2v) is 10.4. The summed E-state index contributed by atoms with van der Waals surface area (Å²) in [5.74, 6) is -1.67. The first kappa shape index (κ1) is 24.0. The van der Waals surface area contributed by atoms with E-state index in [1.165, 1.54) is 15.4 Å². The Morgan fingerprint density at radius 1 is 1.00 bits per heavy atom. The molecule has 36 heavy (non-hydrogen) atoms. The zero-order valence-corrected chi connectivity index (χ0v) is 20.7. The highest BCUT2D eigenvalue weighted by Crippen LogP contribution is 2.48. The van der Waals surface area contributed by atoms with E-state index in [0.717, 1.165) is 12.8 Å². The van der Waals surface area contributed by atoms with Crippen molar-refractivity contribution in [2.45, 2.75) is 50.6 Å². The molecule has 5 rings (SSSR count). The van der Waals surface area contributed by atoms with E-state index in [2.05, 4.69) is 17.4 Å². The molecule has 2 aliphatic heterocycles. The van der Waals surface area contributed by atoms with Crippen molar-refractivity contribution in [3.63, 3.8) is 0 Å². The molecular weight excluding hydrogens is 458 g/mol. The lowest BCUT2D eigenvalue weighted by molar-refractivity contribution is -0.160. The number of rotatable bonds is 8. The molecule has 8 nitrogen and oxygen atoms in total. The van der Waals surface area contributed by atoms with Crippen molar-refractivity contribution < 1.29 is 23.9 Å². The zero-order chi connectivity index (χ0) is 25.5. The van der Waals surface area contributed by atoms with Gasteiger partial charge in [-0.2, -0.15) is 0 Å². The lowest BCUT2D eigenvalue weighted by Crippen LogP contribution is -2.69. The highest BCUT2D eigenvalue weighted by molar-refractivity contribution is 6.15. The van der Waals surface area contributed by atoms with Gasteiger partial charge in [0.25, 0.3) is 11.8 Å². The number of carbonyl (C=O) groups is 4. The topological polar surface area (TPSA) is 96.0 Å². The third-order valence-corrected chi connectivity index (χ3v) is 7.45. The molecule has 3 aliphatic rings. The smallest absolute Gasteiger partial charge is 0.354 e. The van der Waals surface area contributed by atoms with Gasteiger partial charge in [-0.25, -0.2) is 4.79 Å². The van der Waals surface area contributed by atoms with E-state index in [1.54, 1.807) is 24.3 Å². The van der Waals surface area contributed by atoms with E-state index in [-0.39, 0.29) is 42.5 Å². The molecule has 3 amide bonds. The molecule has 2 fully saturated rings. The van der Waals surface area contributed by atoms with E-state index in [0.29, 0.717) is 17.8 Å². The van der Waals surface area contributed by atoms with Crippen LogP contribution >= 0.6 is 0 Å². The Balaban J connectivity index is 1.33. The number of nitrogens with zero attached hydrogens (tertiary/aromatic N) is 2. The van der Waals surface area contributed by atoms with Crippen LogP contribution in [0.15, 0.2) is 54.6 Å². The summed E-state index contributed by atoms with van der Waals surface area (Å²) in [6.45, 7) is 4.16. The molecule has 1 N–H and O–H groups in total. The van der Waals surface area contributed by atoms with E-state index in [4.69, 9.17) is 4.74 Å². The molecule has 188 valence electrons. The van der Waals surface area contributed by atoms with E-state index in [1.807, 2.05) is 32.0 Å². The molecule has 1 unspecified atom stereocenters. The maximum Gasteiger partial charge on any atom is 0.354 e. The maximum absolute atomic E-state index is 13.6. The Morgan fingerprint density at radius 2 is 1.69 bits per heavy atom. The van der Waals surface area contributed by atoms with Gasteiger partial charge >= 0.3 is 5.97 Å². The van der Waals surface area contributed by atoms with Crippen LogP contribution in [0.4, 0.5) is 5.69 Å². The Labute approximate surface area is 210 Å². The molecular formula is C28H31N3O5. The molecule has 8 heteroatoms. The summed E-state index contributed by atoms with van der Waals surface area (Å²) in [5, 5.41) is 2.90. The second kappa shape index (κ2) is 9.08. The van der Waals surface area contributed by atoms with Gasteiger partial charge < -0.3 is 15.0 Å². The van der Waals surface area contributed by atoms with Crippen LogP contribution < -0.4 is 10.2 Å². The average molecular weight is 490 g/mol. The van der Waals surface area contributed by atoms with Crippen molar-refractivity contribution in [2.24, 2.45) is 5.92 Å². The van der Waals surface area contributed by atoms with Gasteiger partial charge in [0.2, 0.25) is 11.6 Å². The summed E-state index contributed by atoms with van der Waals surface area (Å²) in [7, 11) is 0. The Bertz CT molecular complexity index is 1210. The van der Waals surface area contributed by atoms with Crippen LogP contribution in [0, 0.1) is 5.92 Å². The lowest BCUT2D eigenvalue weighted by Gasteiger charge is -2.48. The third kappa shape index (κ3) is 3.94. The molecule has 2 heterocycles.